The topological polar surface area (TPSA) is 58.4 Å². The molecule has 0 atom stereocenters. The van der Waals surface area contributed by atoms with Crippen molar-refractivity contribution >= 4 is 5.91 Å². The van der Waals surface area contributed by atoms with Crippen LogP contribution in [0.3, 0.4) is 0 Å². The summed E-state index contributed by atoms with van der Waals surface area (Å²) < 4.78 is 32.1. The Hall–Kier alpha value is -2.28. The highest BCUT2D eigenvalue weighted by Gasteiger charge is 2.29. The summed E-state index contributed by atoms with van der Waals surface area (Å²) >= 11 is 0. The summed E-state index contributed by atoms with van der Waals surface area (Å²) in [4.78, 5) is 14.7. The first kappa shape index (κ1) is 21.0. The Balaban J connectivity index is 1.20. The van der Waals surface area contributed by atoms with Crippen LogP contribution in [0.4, 0.5) is 8.78 Å². The first-order chi connectivity index (χ1) is 14.6. The molecule has 162 valence electrons. The van der Waals surface area contributed by atoms with Crippen molar-refractivity contribution in [3.8, 4) is 11.3 Å². The Labute approximate surface area is 175 Å². The highest BCUT2D eigenvalue weighted by Crippen LogP contribution is 2.28. The van der Waals surface area contributed by atoms with Gasteiger partial charge in [-0.1, -0.05) is 24.4 Å². The minimum atomic E-state index is -0.666. The summed E-state index contributed by atoms with van der Waals surface area (Å²) in [6, 6.07) is 5.06. The third-order valence-corrected chi connectivity index (χ3v) is 6.38. The Kier molecular flexibility index (Phi) is 6.77. The molecule has 5 nitrogen and oxygen atoms in total. The molecular formula is C23H29F2N3O2. The van der Waals surface area contributed by atoms with Crippen LogP contribution >= 0.6 is 0 Å². The van der Waals surface area contributed by atoms with Gasteiger partial charge in [-0.05, 0) is 50.3 Å². The average Bonchev–Trinajstić information content (AvgIpc) is 3.23. The van der Waals surface area contributed by atoms with Crippen LogP contribution in [0.2, 0.25) is 0 Å². The number of aromatic nitrogens is 1. The number of carbonyl (C=O) groups excluding carboxylic acids is 1. The molecule has 1 saturated carbocycles. The third-order valence-electron chi connectivity index (χ3n) is 6.38. The van der Waals surface area contributed by atoms with Crippen molar-refractivity contribution in [1.82, 2.24) is 15.4 Å². The maximum Gasteiger partial charge on any atom is 0.225 e. The molecular weight excluding hydrogens is 388 g/mol. The number of hydrogen-bond donors (Lipinski definition) is 1. The van der Waals surface area contributed by atoms with E-state index in [0.717, 1.165) is 51.4 Å². The second-order valence-corrected chi connectivity index (χ2v) is 8.54. The van der Waals surface area contributed by atoms with Crippen LogP contribution in [0.5, 0.6) is 0 Å². The largest absolute Gasteiger partial charge is 0.356 e. The van der Waals surface area contributed by atoms with Gasteiger partial charge in [0.1, 0.15) is 11.6 Å². The van der Waals surface area contributed by atoms with E-state index in [2.05, 4.69) is 15.4 Å². The minimum Gasteiger partial charge on any atom is -0.356 e. The lowest BCUT2D eigenvalue weighted by molar-refractivity contribution is -0.138. The lowest BCUT2D eigenvalue weighted by Gasteiger charge is -2.35. The van der Waals surface area contributed by atoms with Crippen molar-refractivity contribution in [3.63, 3.8) is 0 Å². The summed E-state index contributed by atoms with van der Waals surface area (Å²) in [5.74, 6) is 0.148. The summed E-state index contributed by atoms with van der Waals surface area (Å²) in [6.07, 6.45) is 7.78. The van der Waals surface area contributed by atoms with E-state index < -0.39 is 11.6 Å². The van der Waals surface area contributed by atoms with Crippen LogP contribution in [0.25, 0.3) is 11.3 Å². The fourth-order valence-corrected chi connectivity index (χ4v) is 4.58. The lowest BCUT2D eigenvalue weighted by atomic mass is 9.87. The molecule has 1 aromatic carbocycles. The van der Waals surface area contributed by atoms with Gasteiger partial charge in [-0.15, -0.1) is 0 Å². The molecule has 7 heteroatoms. The first-order valence-electron chi connectivity index (χ1n) is 11.0. The van der Waals surface area contributed by atoms with Crippen molar-refractivity contribution in [2.45, 2.75) is 51.5 Å². The molecule has 1 amide bonds. The average molecular weight is 418 g/mol. The molecule has 1 aliphatic carbocycles. The van der Waals surface area contributed by atoms with E-state index in [0.29, 0.717) is 29.8 Å². The second kappa shape index (κ2) is 9.69. The summed E-state index contributed by atoms with van der Waals surface area (Å²) in [5.41, 5.74) is 0.879. The van der Waals surface area contributed by atoms with Crippen molar-refractivity contribution in [3.05, 3.63) is 41.6 Å². The fraction of sp³-hybridized carbons (Fsp3) is 0.565. The number of nitrogens with one attached hydrogen (secondary N) is 1. The number of piperidine rings is 1. The molecule has 4 rings (SSSR count). The summed E-state index contributed by atoms with van der Waals surface area (Å²) in [6.45, 7) is 3.06. The fourth-order valence-electron chi connectivity index (χ4n) is 4.58. The molecule has 0 spiro atoms. The van der Waals surface area contributed by atoms with Gasteiger partial charge in [0.2, 0.25) is 5.91 Å². The summed E-state index contributed by atoms with van der Waals surface area (Å²) in [7, 11) is 0. The number of amides is 1. The predicted molar refractivity (Wildman–Crippen MR) is 109 cm³/mol. The standard InChI is InChI=1S/C23H29F2N3O2/c24-18-6-7-20(21(25)12-18)22-13-19(27-30-22)15-26-14-16-8-10-28(11-9-16)23(29)17-4-2-1-3-5-17/h6-7,12-13,16-17,26H,1-5,8-11,14-15H2. The van der Waals surface area contributed by atoms with Crippen LogP contribution in [0, 0.1) is 23.5 Å². The van der Waals surface area contributed by atoms with Gasteiger partial charge in [-0.2, -0.15) is 0 Å². The van der Waals surface area contributed by atoms with Gasteiger partial charge in [0.05, 0.1) is 11.3 Å². The number of likely N-dealkylation sites (tertiary alicyclic amines) is 1. The van der Waals surface area contributed by atoms with Crippen molar-refractivity contribution in [1.29, 1.82) is 0 Å². The Bertz CT molecular complexity index is 856. The van der Waals surface area contributed by atoms with E-state index in [4.69, 9.17) is 4.52 Å². The molecule has 2 heterocycles. The zero-order chi connectivity index (χ0) is 20.9. The van der Waals surface area contributed by atoms with Gasteiger partial charge in [0.25, 0.3) is 0 Å². The van der Waals surface area contributed by atoms with Crippen molar-refractivity contribution < 1.29 is 18.1 Å². The van der Waals surface area contributed by atoms with E-state index in [-0.39, 0.29) is 11.5 Å². The molecule has 1 saturated heterocycles. The van der Waals surface area contributed by atoms with Gasteiger partial charge in [0.15, 0.2) is 5.76 Å². The quantitative estimate of drug-likeness (QED) is 0.750. The van der Waals surface area contributed by atoms with Gasteiger partial charge in [0, 0.05) is 37.7 Å². The van der Waals surface area contributed by atoms with Gasteiger partial charge < -0.3 is 14.7 Å². The van der Waals surface area contributed by atoms with E-state index in [1.165, 1.54) is 31.4 Å². The first-order valence-corrected chi connectivity index (χ1v) is 11.0. The zero-order valence-corrected chi connectivity index (χ0v) is 17.2. The van der Waals surface area contributed by atoms with Crippen LogP contribution in [0.15, 0.2) is 28.8 Å². The zero-order valence-electron chi connectivity index (χ0n) is 17.2. The normalized spacial score (nSPS) is 18.7. The maximum absolute atomic E-state index is 13.9. The Morgan fingerprint density at radius 1 is 1.10 bits per heavy atom. The smallest absolute Gasteiger partial charge is 0.225 e. The molecule has 1 aromatic heterocycles. The number of benzene rings is 1. The Morgan fingerprint density at radius 2 is 1.87 bits per heavy atom. The minimum absolute atomic E-state index is 0.199. The highest BCUT2D eigenvalue weighted by molar-refractivity contribution is 5.79. The maximum atomic E-state index is 13.9. The van der Waals surface area contributed by atoms with Crippen LogP contribution in [-0.4, -0.2) is 35.6 Å². The third kappa shape index (κ3) is 5.06. The van der Waals surface area contributed by atoms with Crippen LogP contribution < -0.4 is 5.32 Å². The molecule has 2 aromatic rings. The van der Waals surface area contributed by atoms with E-state index in [1.54, 1.807) is 6.07 Å². The molecule has 0 bridgehead atoms. The van der Waals surface area contributed by atoms with Gasteiger partial charge in [-0.25, -0.2) is 8.78 Å². The number of nitrogens with zero attached hydrogens (tertiary/aromatic N) is 2. The molecule has 2 aliphatic rings. The molecule has 1 N–H and O–H groups in total. The Morgan fingerprint density at radius 3 is 2.60 bits per heavy atom. The lowest BCUT2D eigenvalue weighted by Crippen LogP contribution is -2.43. The second-order valence-electron chi connectivity index (χ2n) is 8.54. The highest BCUT2D eigenvalue weighted by atomic mass is 19.1. The van der Waals surface area contributed by atoms with Crippen LogP contribution in [-0.2, 0) is 11.3 Å². The van der Waals surface area contributed by atoms with Gasteiger partial charge >= 0.3 is 0 Å². The predicted octanol–water partition coefficient (Wildman–Crippen LogP) is 4.53. The number of hydrogen-bond acceptors (Lipinski definition) is 4. The molecule has 1 aliphatic heterocycles. The molecule has 30 heavy (non-hydrogen) atoms. The number of halogens is 2. The monoisotopic (exact) mass is 417 g/mol. The van der Waals surface area contributed by atoms with Gasteiger partial charge in [-0.3, -0.25) is 4.79 Å². The van der Waals surface area contributed by atoms with Crippen molar-refractivity contribution in [2.75, 3.05) is 19.6 Å². The number of rotatable bonds is 6. The SMILES string of the molecule is O=C(C1CCCCC1)N1CCC(CNCc2cc(-c3ccc(F)cc3F)on2)CC1. The van der Waals surface area contributed by atoms with E-state index in [1.807, 2.05) is 0 Å². The molecule has 0 unspecified atom stereocenters. The molecule has 0 radical (unpaired) electrons. The van der Waals surface area contributed by atoms with E-state index in [9.17, 15) is 13.6 Å². The van der Waals surface area contributed by atoms with Crippen molar-refractivity contribution in [2.24, 2.45) is 11.8 Å². The molecule has 2 fully saturated rings. The number of carbonyl (C=O) groups is 1. The van der Waals surface area contributed by atoms with E-state index >= 15 is 0 Å². The van der Waals surface area contributed by atoms with Crippen LogP contribution in [0.1, 0.15) is 50.6 Å². The summed E-state index contributed by atoms with van der Waals surface area (Å²) in [5, 5.41) is 7.36.